The van der Waals surface area contributed by atoms with Crippen molar-refractivity contribution >= 4 is 11.9 Å². The quantitative estimate of drug-likeness (QED) is 0.701. The first kappa shape index (κ1) is 18.4. The van der Waals surface area contributed by atoms with Crippen molar-refractivity contribution in [2.75, 3.05) is 0 Å². The fourth-order valence-corrected chi connectivity index (χ4v) is 3.20. The molecular weight excluding hydrogens is 342 g/mol. The van der Waals surface area contributed by atoms with E-state index in [4.69, 9.17) is 0 Å². The summed E-state index contributed by atoms with van der Waals surface area (Å²) >= 11 is 0. The fraction of sp³-hybridized carbons (Fsp3) is 0.190. The molecule has 0 aliphatic carbocycles. The highest BCUT2D eigenvalue weighted by molar-refractivity contribution is 5.85. The summed E-state index contributed by atoms with van der Waals surface area (Å²) < 4.78 is 1.08. The molecular formula is C21H21N3O3. The lowest BCUT2D eigenvalue weighted by atomic mass is 10.1. The van der Waals surface area contributed by atoms with Crippen LogP contribution in [-0.2, 0) is 0 Å². The van der Waals surface area contributed by atoms with Crippen LogP contribution in [0, 0.1) is 27.7 Å². The van der Waals surface area contributed by atoms with E-state index in [1.807, 2.05) is 52.0 Å². The van der Waals surface area contributed by atoms with Gasteiger partial charge < -0.3 is 5.11 Å². The highest BCUT2D eigenvalue weighted by Crippen LogP contribution is 2.25. The molecule has 0 aliphatic heterocycles. The Hall–Kier alpha value is -3.41. The minimum absolute atomic E-state index is 0.0720. The number of H-pyrrole nitrogens is 1. The number of aliphatic imine (C=N–C) groups is 1. The van der Waals surface area contributed by atoms with Crippen molar-refractivity contribution < 1.29 is 5.11 Å². The van der Waals surface area contributed by atoms with Crippen molar-refractivity contribution in [2.24, 2.45) is 4.99 Å². The lowest BCUT2D eigenvalue weighted by Gasteiger charge is -2.12. The summed E-state index contributed by atoms with van der Waals surface area (Å²) in [5.74, 6) is -0.441. The number of nitrogens with zero attached hydrogens (tertiary/aromatic N) is 2. The summed E-state index contributed by atoms with van der Waals surface area (Å²) in [6, 6.07) is 11.1. The smallest absolute Gasteiger partial charge is 0.335 e. The van der Waals surface area contributed by atoms with Crippen molar-refractivity contribution in [1.82, 2.24) is 9.55 Å². The number of hydrogen-bond acceptors (Lipinski definition) is 4. The van der Waals surface area contributed by atoms with E-state index >= 15 is 0 Å². The van der Waals surface area contributed by atoms with Gasteiger partial charge in [-0.1, -0.05) is 35.9 Å². The average molecular weight is 363 g/mol. The van der Waals surface area contributed by atoms with Gasteiger partial charge in [0.15, 0.2) is 0 Å². The predicted octanol–water partition coefficient (Wildman–Crippen LogP) is 3.22. The van der Waals surface area contributed by atoms with Crippen LogP contribution in [0.2, 0.25) is 0 Å². The Morgan fingerprint density at radius 2 is 1.63 bits per heavy atom. The molecule has 2 N–H and O–H groups in total. The number of aryl methyl sites for hydroxylation is 4. The Kier molecular flexibility index (Phi) is 4.81. The predicted molar refractivity (Wildman–Crippen MR) is 107 cm³/mol. The van der Waals surface area contributed by atoms with Crippen molar-refractivity contribution in [1.29, 1.82) is 0 Å². The Morgan fingerprint density at radius 3 is 2.26 bits per heavy atom. The summed E-state index contributed by atoms with van der Waals surface area (Å²) in [5, 5.41) is 10.6. The zero-order valence-electron chi connectivity index (χ0n) is 15.7. The lowest BCUT2D eigenvalue weighted by Crippen LogP contribution is -2.31. The highest BCUT2D eigenvalue weighted by Gasteiger charge is 2.15. The minimum atomic E-state index is -0.702. The minimum Gasteiger partial charge on any atom is -0.493 e. The van der Waals surface area contributed by atoms with E-state index < -0.39 is 17.1 Å². The number of hydrogen-bond donors (Lipinski definition) is 2. The second-order valence-electron chi connectivity index (χ2n) is 6.62. The van der Waals surface area contributed by atoms with Crippen LogP contribution in [0.15, 0.2) is 51.0 Å². The standard InChI is InChI=1S/C21H21N3O3/c1-12-9-14(3)18(15(4)10-12)22-11-16-19(25)23-21(27)24(20(16)26)17-8-6-5-7-13(17)2/h5-11,26H,1-4H3,(H,23,25,27). The molecule has 0 fully saturated rings. The zero-order valence-corrected chi connectivity index (χ0v) is 15.7. The van der Waals surface area contributed by atoms with Crippen LogP contribution in [0.1, 0.15) is 27.8 Å². The van der Waals surface area contributed by atoms with Crippen LogP contribution < -0.4 is 11.2 Å². The van der Waals surface area contributed by atoms with E-state index in [-0.39, 0.29) is 5.56 Å². The molecule has 0 saturated heterocycles. The molecule has 0 spiro atoms. The molecule has 0 atom stereocenters. The number of benzene rings is 2. The summed E-state index contributed by atoms with van der Waals surface area (Å²) in [4.78, 5) is 31.2. The van der Waals surface area contributed by atoms with Crippen molar-refractivity contribution in [3.8, 4) is 11.6 Å². The molecule has 1 heterocycles. The summed E-state index contributed by atoms with van der Waals surface area (Å²) in [6.07, 6.45) is 1.30. The Morgan fingerprint density at radius 1 is 1.00 bits per heavy atom. The maximum absolute atomic E-state index is 12.3. The van der Waals surface area contributed by atoms with E-state index in [2.05, 4.69) is 9.98 Å². The van der Waals surface area contributed by atoms with Crippen molar-refractivity contribution in [3.63, 3.8) is 0 Å². The third-order valence-electron chi connectivity index (χ3n) is 4.44. The van der Waals surface area contributed by atoms with Gasteiger partial charge >= 0.3 is 5.69 Å². The number of para-hydroxylation sites is 1. The number of aromatic amines is 1. The third kappa shape index (κ3) is 3.46. The van der Waals surface area contributed by atoms with Gasteiger partial charge in [-0.25, -0.2) is 9.36 Å². The van der Waals surface area contributed by atoms with Crippen LogP contribution in [0.25, 0.3) is 5.69 Å². The molecule has 0 aliphatic rings. The molecule has 3 rings (SSSR count). The Bertz CT molecular complexity index is 1150. The molecule has 27 heavy (non-hydrogen) atoms. The molecule has 0 amide bonds. The number of nitrogens with one attached hydrogen (secondary N) is 1. The molecule has 0 saturated carbocycles. The van der Waals surface area contributed by atoms with Crippen molar-refractivity contribution in [3.05, 3.63) is 85.1 Å². The Labute approximate surface area is 156 Å². The van der Waals surface area contributed by atoms with Crippen LogP contribution in [0.5, 0.6) is 5.88 Å². The molecule has 6 heteroatoms. The van der Waals surface area contributed by atoms with Gasteiger partial charge in [0.1, 0.15) is 5.56 Å². The van der Waals surface area contributed by atoms with Gasteiger partial charge in [-0.3, -0.25) is 14.8 Å². The molecule has 138 valence electrons. The van der Waals surface area contributed by atoms with Gasteiger partial charge in [-0.2, -0.15) is 0 Å². The first-order chi connectivity index (χ1) is 12.8. The van der Waals surface area contributed by atoms with Crippen LogP contribution in [-0.4, -0.2) is 20.9 Å². The second kappa shape index (κ2) is 7.07. The summed E-state index contributed by atoms with van der Waals surface area (Å²) in [7, 11) is 0. The zero-order chi connectivity index (χ0) is 19.7. The molecule has 2 aromatic carbocycles. The Balaban J connectivity index is 2.19. The average Bonchev–Trinajstić information content (AvgIpc) is 2.57. The van der Waals surface area contributed by atoms with Gasteiger partial charge in [0.25, 0.3) is 5.56 Å². The SMILES string of the molecule is Cc1cc(C)c(N=Cc2c(O)n(-c3ccccc3C)c(=O)[nH]c2=O)c(C)c1. The van der Waals surface area contributed by atoms with E-state index in [1.54, 1.807) is 12.1 Å². The summed E-state index contributed by atoms with van der Waals surface area (Å²) in [5.41, 5.74) is 3.60. The largest absolute Gasteiger partial charge is 0.493 e. The van der Waals surface area contributed by atoms with Crippen LogP contribution in [0.3, 0.4) is 0 Å². The van der Waals surface area contributed by atoms with Crippen LogP contribution in [0.4, 0.5) is 5.69 Å². The first-order valence-electron chi connectivity index (χ1n) is 8.56. The van der Waals surface area contributed by atoms with Gasteiger partial charge in [0.05, 0.1) is 11.4 Å². The van der Waals surface area contributed by atoms with E-state index in [0.717, 1.165) is 32.5 Å². The maximum atomic E-state index is 12.3. The monoisotopic (exact) mass is 363 g/mol. The molecule has 3 aromatic rings. The van der Waals surface area contributed by atoms with E-state index in [9.17, 15) is 14.7 Å². The molecule has 0 radical (unpaired) electrons. The molecule has 0 unspecified atom stereocenters. The number of rotatable bonds is 3. The van der Waals surface area contributed by atoms with Gasteiger partial charge in [-0.05, 0) is 50.5 Å². The topological polar surface area (TPSA) is 87.4 Å². The third-order valence-corrected chi connectivity index (χ3v) is 4.44. The first-order valence-corrected chi connectivity index (χ1v) is 8.56. The second-order valence-corrected chi connectivity index (χ2v) is 6.62. The van der Waals surface area contributed by atoms with Gasteiger partial charge in [-0.15, -0.1) is 0 Å². The van der Waals surface area contributed by atoms with E-state index in [0.29, 0.717) is 5.69 Å². The molecule has 1 aromatic heterocycles. The number of aromatic nitrogens is 2. The summed E-state index contributed by atoms with van der Waals surface area (Å²) in [6.45, 7) is 7.69. The highest BCUT2D eigenvalue weighted by atomic mass is 16.3. The van der Waals surface area contributed by atoms with Crippen molar-refractivity contribution in [2.45, 2.75) is 27.7 Å². The number of aromatic hydroxyl groups is 1. The van der Waals surface area contributed by atoms with Gasteiger partial charge in [0, 0.05) is 6.21 Å². The molecule has 6 nitrogen and oxygen atoms in total. The normalized spacial score (nSPS) is 11.3. The lowest BCUT2D eigenvalue weighted by molar-refractivity contribution is 0.430. The van der Waals surface area contributed by atoms with Crippen LogP contribution >= 0.6 is 0 Å². The van der Waals surface area contributed by atoms with E-state index in [1.165, 1.54) is 6.21 Å². The maximum Gasteiger partial charge on any atom is 0.335 e. The fourth-order valence-electron chi connectivity index (χ4n) is 3.20. The molecule has 0 bridgehead atoms. The van der Waals surface area contributed by atoms with Gasteiger partial charge in [0.2, 0.25) is 5.88 Å².